The highest BCUT2D eigenvalue weighted by Crippen LogP contribution is 2.03. The maximum absolute atomic E-state index is 11.0. The summed E-state index contributed by atoms with van der Waals surface area (Å²) in [5, 5.41) is 0.758. The summed E-state index contributed by atoms with van der Waals surface area (Å²) in [5.41, 5.74) is 0.000278. The molecule has 0 aromatic rings. The highest BCUT2D eigenvalue weighted by atomic mass is 32.2. The number of ether oxygens (including phenoxy) is 1. The summed E-state index contributed by atoms with van der Waals surface area (Å²) < 4.78 is 31.1. The molecule has 0 heterocycles. The fourth-order valence-electron chi connectivity index (χ4n) is 0.708. The van der Waals surface area contributed by atoms with Gasteiger partial charge in [0.15, 0.2) is 0 Å². The molecule has 14 heavy (non-hydrogen) atoms. The second-order valence-electron chi connectivity index (χ2n) is 2.42. The molecule has 0 aliphatic rings. The zero-order valence-electron chi connectivity index (χ0n) is 8.44. The Bertz CT molecular complexity index is 315. The van der Waals surface area contributed by atoms with Crippen LogP contribution in [-0.2, 0) is 23.8 Å². The normalized spacial score (nSPS) is 12.6. The van der Waals surface area contributed by atoms with Gasteiger partial charge in [-0.25, -0.2) is 4.79 Å². The van der Waals surface area contributed by atoms with Gasteiger partial charge in [-0.15, -0.1) is 0 Å². The average Bonchev–Trinajstić information content (AvgIpc) is 2.03. The molecule has 0 saturated carbocycles. The van der Waals surface area contributed by atoms with Crippen LogP contribution in [0, 0.1) is 0 Å². The van der Waals surface area contributed by atoms with Crippen molar-refractivity contribution in [3.05, 3.63) is 11.0 Å². The minimum absolute atomic E-state index is 0.000278. The molecule has 0 N–H and O–H groups in total. The third kappa shape index (κ3) is 4.98. The summed E-state index contributed by atoms with van der Waals surface area (Å²) in [7, 11) is -3.76. The first-order valence-corrected chi connectivity index (χ1v) is 5.65. The van der Waals surface area contributed by atoms with Crippen LogP contribution in [0.1, 0.15) is 20.8 Å². The number of hydrogen-bond acceptors (Lipinski definition) is 5. The van der Waals surface area contributed by atoms with Crippen molar-refractivity contribution in [1.29, 1.82) is 0 Å². The van der Waals surface area contributed by atoms with Crippen molar-refractivity contribution in [2.45, 2.75) is 20.8 Å². The zero-order chi connectivity index (χ0) is 11.2. The van der Waals surface area contributed by atoms with Crippen LogP contribution in [0.5, 0.6) is 0 Å². The molecule has 0 unspecified atom stereocenters. The molecule has 0 saturated heterocycles. The molecule has 0 aliphatic carbocycles. The molecule has 0 aliphatic heterocycles. The molecule has 0 fully saturated rings. The molecule has 0 aromatic carbocycles. The third-order valence-corrected chi connectivity index (χ3v) is 2.41. The number of carbonyl (C=O) groups is 1. The van der Waals surface area contributed by atoms with Crippen LogP contribution >= 0.6 is 0 Å². The molecule has 0 spiro atoms. The molecule has 0 atom stereocenters. The summed E-state index contributed by atoms with van der Waals surface area (Å²) in [4.78, 5) is 11.0. The van der Waals surface area contributed by atoms with Gasteiger partial charge in [-0.3, -0.25) is 4.18 Å². The van der Waals surface area contributed by atoms with Crippen LogP contribution < -0.4 is 0 Å². The molecular formula is C8H14O5S. The fraction of sp³-hybridized carbons (Fsp3) is 0.625. The highest BCUT2D eigenvalue weighted by molar-refractivity contribution is 7.89. The van der Waals surface area contributed by atoms with E-state index in [0.717, 1.165) is 5.41 Å². The maximum Gasteiger partial charge on any atom is 0.334 e. The summed E-state index contributed by atoms with van der Waals surface area (Å²) >= 11 is 0. The number of rotatable bonds is 5. The van der Waals surface area contributed by atoms with E-state index in [-0.39, 0.29) is 18.8 Å². The lowest BCUT2D eigenvalue weighted by molar-refractivity contribution is -0.138. The fourth-order valence-corrected chi connectivity index (χ4v) is 1.63. The van der Waals surface area contributed by atoms with Crippen LogP contribution in [-0.4, -0.2) is 27.6 Å². The summed E-state index contributed by atoms with van der Waals surface area (Å²) in [5.74, 6) is -0.657. The highest BCUT2D eigenvalue weighted by Gasteiger charge is 2.11. The quantitative estimate of drug-likeness (QED) is 0.391. The monoisotopic (exact) mass is 222 g/mol. The maximum atomic E-state index is 11.0. The van der Waals surface area contributed by atoms with E-state index < -0.39 is 16.1 Å². The van der Waals surface area contributed by atoms with E-state index in [1.807, 2.05) is 0 Å². The molecule has 6 heteroatoms. The van der Waals surface area contributed by atoms with Crippen molar-refractivity contribution in [2.75, 3.05) is 13.2 Å². The standard InChI is InChI=1S/C8H14O5S/c1-4-12-8(9)7(3)6-14(10,11)13-5-2/h6H,4-5H2,1-3H3. The van der Waals surface area contributed by atoms with Crippen molar-refractivity contribution in [3.63, 3.8) is 0 Å². The van der Waals surface area contributed by atoms with E-state index in [2.05, 4.69) is 8.92 Å². The van der Waals surface area contributed by atoms with Crippen LogP contribution in [0.25, 0.3) is 0 Å². The minimum Gasteiger partial charge on any atom is -0.463 e. The Kier molecular flexibility index (Phi) is 5.40. The summed E-state index contributed by atoms with van der Waals surface area (Å²) in [6.07, 6.45) is 0. The molecule has 82 valence electrons. The van der Waals surface area contributed by atoms with Crippen molar-refractivity contribution in [3.8, 4) is 0 Å². The summed E-state index contributed by atoms with van der Waals surface area (Å²) in [6, 6.07) is 0. The molecule has 5 nitrogen and oxygen atoms in total. The lowest BCUT2D eigenvalue weighted by Gasteiger charge is -2.01. The Morgan fingerprint density at radius 1 is 1.29 bits per heavy atom. The number of carbonyl (C=O) groups excluding carboxylic acids is 1. The van der Waals surface area contributed by atoms with Gasteiger partial charge in [0.1, 0.15) is 0 Å². The minimum atomic E-state index is -3.76. The number of esters is 1. The van der Waals surface area contributed by atoms with Crippen molar-refractivity contribution in [2.24, 2.45) is 0 Å². The zero-order valence-corrected chi connectivity index (χ0v) is 9.26. The third-order valence-electron chi connectivity index (χ3n) is 1.20. The van der Waals surface area contributed by atoms with Gasteiger partial charge in [-0.05, 0) is 20.8 Å². The largest absolute Gasteiger partial charge is 0.463 e. The van der Waals surface area contributed by atoms with Crippen LogP contribution in [0.2, 0.25) is 0 Å². The molecule has 0 aromatic heterocycles. The van der Waals surface area contributed by atoms with Gasteiger partial charge in [-0.2, -0.15) is 8.42 Å². The van der Waals surface area contributed by atoms with Gasteiger partial charge in [0.2, 0.25) is 0 Å². The molecule has 0 bridgehead atoms. The second kappa shape index (κ2) is 5.77. The first kappa shape index (κ1) is 13.1. The van der Waals surface area contributed by atoms with E-state index in [1.54, 1.807) is 13.8 Å². The Morgan fingerprint density at radius 3 is 2.29 bits per heavy atom. The predicted molar refractivity (Wildman–Crippen MR) is 50.9 cm³/mol. The van der Waals surface area contributed by atoms with Gasteiger partial charge in [0.25, 0.3) is 10.1 Å². The number of hydrogen-bond donors (Lipinski definition) is 0. The molecule has 0 amide bonds. The van der Waals surface area contributed by atoms with E-state index in [9.17, 15) is 13.2 Å². The van der Waals surface area contributed by atoms with Gasteiger partial charge < -0.3 is 4.74 Å². The molecular weight excluding hydrogens is 208 g/mol. The Balaban J connectivity index is 4.59. The van der Waals surface area contributed by atoms with Crippen LogP contribution in [0.15, 0.2) is 11.0 Å². The van der Waals surface area contributed by atoms with Crippen LogP contribution in [0.3, 0.4) is 0 Å². The Hall–Kier alpha value is -0.880. The van der Waals surface area contributed by atoms with Gasteiger partial charge >= 0.3 is 5.97 Å². The van der Waals surface area contributed by atoms with Crippen molar-refractivity contribution >= 4 is 16.1 Å². The Labute approximate surface area is 83.8 Å². The summed E-state index contributed by atoms with van der Waals surface area (Å²) in [6.45, 7) is 4.79. The van der Waals surface area contributed by atoms with Gasteiger partial charge in [-0.1, -0.05) is 0 Å². The topological polar surface area (TPSA) is 69.7 Å². The lowest BCUT2D eigenvalue weighted by atomic mass is 10.4. The average molecular weight is 222 g/mol. The van der Waals surface area contributed by atoms with E-state index in [0.29, 0.717) is 0 Å². The predicted octanol–water partition coefficient (Wildman–Crippen LogP) is 0.820. The van der Waals surface area contributed by atoms with E-state index in [4.69, 9.17) is 0 Å². The van der Waals surface area contributed by atoms with Crippen LogP contribution in [0.4, 0.5) is 0 Å². The second-order valence-corrected chi connectivity index (χ2v) is 3.88. The van der Waals surface area contributed by atoms with Gasteiger partial charge in [0.05, 0.1) is 18.6 Å². The van der Waals surface area contributed by atoms with Crippen molar-refractivity contribution < 1.29 is 22.1 Å². The smallest absolute Gasteiger partial charge is 0.334 e. The molecule has 0 radical (unpaired) electrons. The lowest BCUT2D eigenvalue weighted by Crippen LogP contribution is -2.09. The first-order chi connectivity index (χ1) is 6.43. The SMILES string of the molecule is CCOC(=O)C(C)=CS(=O)(=O)OCC. The van der Waals surface area contributed by atoms with E-state index in [1.165, 1.54) is 6.92 Å². The van der Waals surface area contributed by atoms with Gasteiger partial charge in [0, 0.05) is 5.57 Å². The van der Waals surface area contributed by atoms with E-state index >= 15 is 0 Å². The van der Waals surface area contributed by atoms with Crippen molar-refractivity contribution in [1.82, 2.24) is 0 Å². The molecule has 0 rings (SSSR count). The first-order valence-electron chi connectivity index (χ1n) is 4.17. The Morgan fingerprint density at radius 2 is 1.86 bits per heavy atom.